The number of aliphatic hydroxyl groups is 1. The molecular formula is C14H18F2N4O2. The number of carbonyl (C=O) groups excluding carboxylic acids is 1. The number of aromatic nitrogens is 3. The Kier molecular flexibility index (Phi) is 5.02. The fourth-order valence-electron chi connectivity index (χ4n) is 1.96. The van der Waals surface area contributed by atoms with E-state index in [2.05, 4.69) is 15.5 Å². The van der Waals surface area contributed by atoms with Gasteiger partial charge in [-0.15, -0.1) is 10.2 Å². The number of rotatable bonds is 6. The minimum Gasteiger partial charge on any atom is -0.393 e. The maximum Gasteiger partial charge on any atom is 0.297 e. The van der Waals surface area contributed by atoms with Gasteiger partial charge in [-0.2, -0.15) is 0 Å². The van der Waals surface area contributed by atoms with Gasteiger partial charge in [0.05, 0.1) is 11.7 Å². The van der Waals surface area contributed by atoms with Crippen molar-refractivity contribution in [3.63, 3.8) is 0 Å². The van der Waals surface area contributed by atoms with Crippen molar-refractivity contribution in [2.24, 2.45) is 5.92 Å². The number of aliphatic hydroxyl groups excluding tert-OH is 1. The minimum absolute atomic E-state index is 0.110. The molecule has 0 aliphatic carbocycles. The third-order valence-electron chi connectivity index (χ3n) is 3.38. The molecule has 0 spiro atoms. The lowest BCUT2D eigenvalue weighted by Gasteiger charge is -2.14. The number of amides is 1. The standard InChI is InChI=1S/C14H18F2N4O2/c1-8(2)10(21)5-6-17-14(22)9-3-4-11-18-19-13(12(15)16)20(11)7-9/h3-4,7-8,10,12,21H,5-6H2,1-2H3,(H,17,22). The Morgan fingerprint density at radius 2 is 2.09 bits per heavy atom. The lowest BCUT2D eigenvalue weighted by Crippen LogP contribution is -2.28. The van der Waals surface area contributed by atoms with E-state index in [1.54, 1.807) is 0 Å². The fraction of sp³-hybridized carbons (Fsp3) is 0.500. The van der Waals surface area contributed by atoms with Crippen molar-refractivity contribution in [2.75, 3.05) is 6.54 Å². The molecule has 0 saturated carbocycles. The van der Waals surface area contributed by atoms with Crippen molar-refractivity contribution in [2.45, 2.75) is 32.8 Å². The first kappa shape index (κ1) is 16.3. The number of hydrogen-bond acceptors (Lipinski definition) is 4. The van der Waals surface area contributed by atoms with Crippen LogP contribution in [0.1, 0.15) is 42.9 Å². The molecule has 0 aliphatic rings. The minimum atomic E-state index is -2.77. The first-order valence-electron chi connectivity index (χ1n) is 6.99. The Labute approximate surface area is 126 Å². The maximum atomic E-state index is 12.8. The lowest BCUT2D eigenvalue weighted by atomic mass is 10.0. The van der Waals surface area contributed by atoms with Gasteiger partial charge in [0.2, 0.25) is 5.82 Å². The number of fused-ring (bicyclic) bond motifs is 1. The van der Waals surface area contributed by atoms with Crippen LogP contribution in [0.4, 0.5) is 8.78 Å². The van der Waals surface area contributed by atoms with Crippen LogP contribution in [-0.2, 0) is 0 Å². The molecule has 22 heavy (non-hydrogen) atoms. The van der Waals surface area contributed by atoms with Crippen LogP contribution in [0.5, 0.6) is 0 Å². The van der Waals surface area contributed by atoms with Crippen molar-refractivity contribution >= 4 is 11.6 Å². The lowest BCUT2D eigenvalue weighted by molar-refractivity contribution is 0.0919. The third-order valence-corrected chi connectivity index (χ3v) is 3.38. The highest BCUT2D eigenvalue weighted by Gasteiger charge is 2.17. The molecular weight excluding hydrogens is 294 g/mol. The second-order valence-electron chi connectivity index (χ2n) is 5.36. The molecule has 0 radical (unpaired) electrons. The highest BCUT2D eigenvalue weighted by atomic mass is 19.3. The van der Waals surface area contributed by atoms with Crippen LogP contribution in [0.3, 0.4) is 0 Å². The van der Waals surface area contributed by atoms with E-state index in [0.717, 1.165) is 4.40 Å². The van der Waals surface area contributed by atoms with E-state index in [4.69, 9.17) is 0 Å². The van der Waals surface area contributed by atoms with Gasteiger partial charge < -0.3 is 10.4 Å². The Morgan fingerprint density at radius 1 is 1.36 bits per heavy atom. The number of pyridine rings is 1. The fourth-order valence-corrected chi connectivity index (χ4v) is 1.96. The Balaban J connectivity index is 2.07. The van der Waals surface area contributed by atoms with E-state index >= 15 is 0 Å². The molecule has 1 amide bonds. The molecule has 2 rings (SSSR count). The Morgan fingerprint density at radius 3 is 2.73 bits per heavy atom. The van der Waals surface area contributed by atoms with Crippen molar-refractivity contribution < 1.29 is 18.7 Å². The van der Waals surface area contributed by atoms with Gasteiger partial charge >= 0.3 is 0 Å². The number of halogens is 2. The quantitative estimate of drug-likeness (QED) is 0.852. The summed E-state index contributed by atoms with van der Waals surface area (Å²) in [6.45, 7) is 4.08. The molecule has 0 saturated heterocycles. The average molecular weight is 312 g/mol. The van der Waals surface area contributed by atoms with Gasteiger partial charge in [-0.25, -0.2) is 8.78 Å². The zero-order valence-corrected chi connectivity index (χ0v) is 12.3. The molecule has 6 nitrogen and oxygen atoms in total. The highest BCUT2D eigenvalue weighted by Crippen LogP contribution is 2.18. The largest absolute Gasteiger partial charge is 0.393 e. The summed E-state index contributed by atoms with van der Waals surface area (Å²) in [5.41, 5.74) is 0.482. The number of nitrogens with zero attached hydrogens (tertiary/aromatic N) is 3. The first-order chi connectivity index (χ1) is 10.4. The summed E-state index contributed by atoms with van der Waals surface area (Å²) in [6.07, 6.45) is -1.55. The van der Waals surface area contributed by atoms with Crippen LogP contribution >= 0.6 is 0 Å². The Hall–Kier alpha value is -2.09. The molecule has 0 aromatic carbocycles. The summed E-state index contributed by atoms with van der Waals surface area (Å²) in [7, 11) is 0. The second-order valence-corrected chi connectivity index (χ2v) is 5.36. The van der Waals surface area contributed by atoms with Crippen molar-refractivity contribution in [1.82, 2.24) is 19.9 Å². The number of hydrogen-bond donors (Lipinski definition) is 2. The van der Waals surface area contributed by atoms with Gasteiger partial charge in [0, 0.05) is 12.7 Å². The number of carbonyl (C=O) groups is 1. The summed E-state index contributed by atoms with van der Waals surface area (Å²) in [4.78, 5) is 12.0. The summed E-state index contributed by atoms with van der Waals surface area (Å²) >= 11 is 0. The normalized spacial score (nSPS) is 13.0. The smallest absolute Gasteiger partial charge is 0.297 e. The molecule has 1 unspecified atom stereocenters. The molecule has 2 heterocycles. The van der Waals surface area contributed by atoms with Crippen molar-refractivity contribution in [1.29, 1.82) is 0 Å². The summed E-state index contributed by atoms with van der Waals surface area (Å²) in [5.74, 6) is -0.787. The molecule has 120 valence electrons. The second kappa shape index (κ2) is 6.78. The molecule has 1 atom stereocenters. The Bertz CT molecular complexity index is 657. The van der Waals surface area contributed by atoms with E-state index in [-0.39, 0.29) is 17.1 Å². The van der Waals surface area contributed by atoms with E-state index in [9.17, 15) is 18.7 Å². The summed E-state index contributed by atoms with van der Waals surface area (Å²) < 4.78 is 26.7. The molecule has 0 aliphatic heterocycles. The van der Waals surface area contributed by atoms with Gasteiger partial charge in [0.1, 0.15) is 0 Å². The van der Waals surface area contributed by atoms with Crippen LogP contribution in [-0.4, -0.2) is 38.3 Å². The van der Waals surface area contributed by atoms with Gasteiger partial charge in [-0.1, -0.05) is 13.8 Å². The van der Waals surface area contributed by atoms with Crippen LogP contribution in [0, 0.1) is 5.92 Å². The predicted octanol–water partition coefficient (Wildman–Crippen LogP) is 1.80. The molecule has 0 bridgehead atoms. The van der Waals surface area contributed by atoms with Gasteiger partial charge in [-0.05, 0) is 24.5 Å². The van der Waals surface area contributed by atoms with Crippen LogP contribution in [0.15, 0.2) is 18.3 Å². The molecule has 2 aromatic rings. The topological polar surface area (TPSA) is 79.5 Å². The van der Waals surface area contributed by atoms with Crippen LogP contribution < -0.4 is 5.32 Å². The number of nitrogens with one attached hydrogen (secondary N) is 1. The predicted molar refractivity (Wildman–Crippen MR) is 75.7 cm³/mol. The maximum absolute atomic E-state index is 12.8. The monoisotopic (exact) mass is 312 g/mol. The van der Waals surface area contributed by atoms with Gasteiger partial charge in [0.15, 0.2) is 5.65 Å². The zero-order chi connectivity index (χ0) is 16.3. The van der Waals surface area contributed by atoms with Gasteiger partial charge in [-0.3, -0.25) is 9.20 Å². The van der Waals surface area contributed by atoms with Crippen molar-refractivity contribution in [3.8, 4) is 0 Å². The molecule has 0 fully saturated rings. The molecule has 2 aromatic heterocycles. The van der Waals surface area contributed by atoms with E-state index in [1.165, 1.54) is 18.3 Å². The third kappa shape index (κ3) is 3.56. The molecule has 2 N–H and O–H groups in total. The van der Waals surface area contributed by atoms with Gasteiger partial charge in [0.25, 0.3) is 12.3 Å². The first-order valence-corrected chi connectivity index (χ1v) is 6.99. The van der Waals surface area contributed by atoms with E-state index in [1.807, 2.05) is 13.8 Å². The van der Waals surface area contributed by atoms with Crippen LogP contribution in [0.25, 0.3) is 5.65 Å². The SMILES string of the molecule is CC(C)C(O)CCNC(=O)c1ccc2nnc(C(F)F)n2c1. The summed E-state index contributed by atoms with van der Waals surface area (Å²) in [6, 6.07) is 2.95. The highest BCUT2D eigenvalue weighted by molar-refractivity contribution is 5.94. The average Bonchev–Trinajstić information content (AvgIpc) is 2.89. The molecule has 8 heteroatoms. The van der Waals surface area contributed by atoms with Crippen LogP contribution in [0.2, 0.25) is 0 Å². The van der Waals surface area contributed by atoms with E-state index < -0.39 is 24.3 Å². The van der Waals surface area contributed by atoms with E-state index in [0.29, 0.717) is 13.0 Å². The zero-order valence-electron chi connectivity index (χ0n) is 12.3. The van der Waals surface area contributed by atoms with Crippen molar-refractivity contribution in [3.05, 3.63) is 29.7 Å². The number of alkyl halides is 2. The summed E-state index contributed by atoms with van der Waals surface area (Å²) in [5, 5.41) is 19.3.